The zero-order valence-electron chi connectivity index (χ0n) is 17.3. The zero-order valence-corrected chi connectivity index (χ0v) is 18.9. The summed E-state index contributed by atoms with van der Waals surface area (Å²) >= 11 is 3.51. The Hall–Kier alpha value is -2.02. The van der Waals surface area contributed by atoms with Crippen molar-refractivity contribution in [1.29, 1.82) is 0 Å². The van der Waals surface area contributed by atoms with E-state index in [1.165, 1.54) is 16.9 Å². The molecule has 1 aliphatic rings. The van der Waals surface area contributed by atoms with E-state index >= 15 is 0 Å². The monoisotopic (exact) mass is 446 g/mol. The van der Waals surface area contributed by atoms with Crippen LogP contribution in [-0.4, -0.2) is 48.0 Å². The van der Waals surface area contributed by atoms with Gasteiger partial charge in [0.05, 0.1) is 5.69 Å². The second-order valence-electron chi connectivity index (χ2n) is 7.34. The van der Waals surface area contributed by atoms with Crippen LogP contribution in [0.3, 0.4) is 0 Å². The molecule has 28 heavy (non-hydrogen) atoms. The van der Waals surface area contributed by atoms with Crippen molar-refractivity contribution in [3.05, 3.63) is 45.7 Å². The molecule has 0 spiro atoms. The van der Waals surface area contributed by atoms with Crippen LogP contribution in [-0.2, 0) is 13.5 Å². The van der Waals surface area contributed by atoms with E-state index in [-0.39, 0.29) is 0 Å². The minimum Gasteiger partial charge on any atom is -0.369 e. The molecule has 6 nitrogen and oxygen atoms in total. The lowest BCUT2D eigenvalue weighted by molar-refractivity contribution is 0.649. The van der Waals surface area contributed by atoms with Crippen LogP contribution in [0.5, 0.6) is 0 Å². The van der Waals surface area contributed by atoms with Crippen LogP contribution >= 0.6 is 15.9 Å². The molecule has 3 rings (SSSR count). The fourth-order valence-electron chi connectivity index (χ4n) is 3.74. The number of halogens is 1. The van der Waals surface area contributed by atoms with Crippen molar-refractivity contribution in [3.63, 3.8) is 0 Å². The van der Waals surface area contributed by atoms with E-state index in [0.29, 0.717) is 6.04 Å². The molecule has 0 saturated carbocycles. The summed E-state index contributed by atoms with van der Waals surface area (Å²) in [5.41, 5.74) is 4.92. The highest BCUT2D eigenvalue weighted by atomic mass is 79.9. The number of nitrogens with one attached hydrogen (secondary N) is 2. The van der Waals surface area contributed by atoms with Gasteiger partial charge in [0.25, 0.3) is 0 Å². The molecule has 0 radical (unpaired) electrons. The molecule has 2 aromatic rings. The van der Waals surface area contributed by atoms with Gasteiger partial charge in [0.15, 0.2) is 5.96 Å². The number of aryl methyl sites for hydroxylation is 2. The maximum absolute atomic E-state index is 4.81. The molecule has 0 amide bonds. The molecule has 1 aliphatic heterocycles. The van der Waals surface area contributed by atoms with Gasteiger partial charge in [0.2, 0.25) is 0 Å². The van der Waals surface area contributed by atoms with Gasteiger partial charge in [-0.2, -0.15) is 5.10 Å². The first-order valence-electron chi connectivity index (χ1n) is 10.0. The summed E-state index contributed by atoms with van der Waals surface area (Å²) in [7, 11) is 2.00. The van der Waals surface area contributed by atoms with Crippen LogP contribution in [0, 0.1) is 13.8 Å². The standard InChI is InChI=1S/C21H31BrN6/c1-5-23-21(24-12-10-20-15(2)26-27(4)16(20)3)25-18-11-13-28(14-18)19-8-6-17(22)7-9-19/h6-9,18H,5,10-14H2,1-4H3,(H2,23,24,25). The normalized spacial score (nSPS) is 17.2. The Morgan fingerprint density at radius 2 is 2.04 bits per heavy atom. The molecule has 1 unspecified atom stereocenters. The van der Waals surface area contributed by atoms with E-state index in [0.717, 1.165) is 55.1 Å². The molecule has 7 heteroatoms. The fourth-order valence-corrected chi connectivity index (χ4v) is 4.00. The predicted octanol–water partition coefficient (Wildman–Crippen LogP) is 3.18. The van der Waals surface area contributed by atoms with Crippen LogP contribution in [0.4, 0.5) is 5.69 Å². The SMILES string of the molecule is CCNC(=NCCc1c(C)nn(C)c1C)NC1CCN(c2ccc(Br)cc2)C1. The van der Waals surface area contributed by atoms with Crippen LogP contribution < -0.4 is 15.5 Å². The second kappa shape index (κ2) is 9.45. The first-order chi connectivity index (χ1) is 13.5. The quantitative estimate of drug-likeness (QED) is 0.528. The summed E-state index contributed by atoms with van der Waals surface area (Å²) in [4.78, 5) is 7.23. The van der Waals surface area contributed by atoms with Crippen molar-refractivity contribution in [1.82, 2.24) is 20.4 Å². The van der Waals surface area contributed by atoms with Gasteiger partial charge in [-0.15, -0.1) is 0 Å². The number of benzene rings is 1. The molecule has 0 bridgehead atoms. The van der Waals surface area contributed by atoms with Crippen LogP contribution in [0.1, 0.15) is 30.3 Å². The van der Waals surface area contributed by atoms with Crippen molar-refractivity contribution in [2.75, 3.05) is 31.1 Å². The van der Waals surface area contributed by atoms with Gasteiger partial charge < -0.3 is 15.5 Å². The number of aromatic nitrogens is 2. The van der Waals surface area contributed by atoms with Gasteiger partial charge in [-0.3, -0.25) is 9.67 Å². The highest BCUT2D eigenvalue weighted by molar-refractivity contribution is 9.10. The Kier molecular flexibility index (Phi) is 6.99. The second-order valence-corrected chi connectivity index (χ2v) is 8.25. The lowest BCUT2D eigenvalue weighted by atomic mass is 10.1. The summed E-state index contributed by atoms with van der Waals surface area (Å²) in [5, 5.41) is 11.5. The van der Waals surface area contributed by atoms with Gasteiger partial charge >= 0.3 is 0 Å². The van der Waals surface area contributed by atoms with Crippen molar-refractivity contribution < 1.29 is 0 Å². The third kappa shape index (κ3) is 5.07. The summed E-state index contributed by atoms with van der Waals surface area (Å²) in [5.74, 6) is 0.907. The largest absolute Gasteiger partial charge is 0.369 e. The number of hydrogen-bond donors (Lipinski definition) is 2. The minimum absolute atomic E-state index is 0.406. The third-order valence-electron chi connectivity index (χ3n) is 5.36. The van der Waals surface area contributed by atoms with Crippen molar-refractivity contribution in [2.24, 2.45) is 12.0 Å². The maximum Gasteiger partial charge on any atom is 0.191 e. The molecule has 0 aliphatic carbocycles. The Balaban J connectivity index is 1.57. The summed E-state index contributed by atoms with van der Waals surface area (Å²) < 4.78 is 3.07. The number of aliphatic imine (C=N–C) groups is 1. The van der Waals surface area contributed by atoms with Crippen LogP contribution in [0.2, 0.25) is 0 Å². The number of nitrogens with zero attached hydrogens (tertiary/aromatic N) is 4. The van der Waals surface area contributed by atoms with Gasteiger partial charge in [-0.25, -0.2) is 0 Å². The number of rotatable bonds is 6. The van der Waals surface area contributed by atoms with Crippen LogP contribution in [0.15, 0.2) is 33.7 Å². The molecule has 1 aromatic heterocycles. The average Bonchev–Trinajstić information content (AvgIpc) is 3.22. The van der Waals surface area contributed by atoms with E-state index < -0.39 is 0 Å². The van der Waals surface area contributed by atoms with Crippen molar-refractivity contribution >= 4 is 27.6 Å². The highest BCUT2D eigenvalue weighted by Gasteiger charge is 2.23. The summed E-state index contributed by atoms with van der Waals surface area (Å²) in [6.45, 7) is 9.98. The molecular weight excluding hydrogens is 416 g/mol. The van der Waals surface area contributed by atoms with E-state index in [4.69, 9.17) is 4.99 Å². The van der Waals surface area contributed by atoms with Gasteiger partial charge in [-0.05, 0) is 63.4 Å². The summed E-state index contributed by atoms with van der Waals surface area (Å²) in [6.07, 6.45) is 2.03. The van der Waals surface area contributed by atoms with Crippen molar-refractivity contribution in [2.45, 2.75) is 39.7 Å². The number of guanidine groups is 1. The molecule has 1 fully saturated rings. The zero-order chi connectivity index (χ0) is 20.1. The predicted molar refractivity (Wildman–Crippen MR) is 120 cm³/mol. The lowest BCUT2D eigenvalue weighted by Crippen LogP contribution is -2.44. The Morgan fingerprint density at radius 3 is 2.68 bits per heavy atom. The van der Waals surface area contributed by atoms with Gasteiger partial charge in [0, 0.05) is 55.1 Å². The minimum atomic E-state index is 0.406. The van der Waals surface area contributed by atoms with E-state index in [1.54, 1.807) is 0 Å². The fraction of sp³-hybridized carbons (Fsp3) is 0.524. The first-order valence-corrected chi connectivity index (χ1v) is 10.8. The molecule has 2 heterocycles. The topological polar surface area (TPSA) is 57.5 Å². The van der Waals surface area contributed by atoms with E-state index in [9.17, 15) is 0 Å². The molecule has 2 N–H and O–H groups in total. The Bertz CT molecular complexity index is 811. The van der Waals surface area contributed by atoms with Gasteiger partial charge in [0.1, 0.15) is 0 Å². The maximum atomic E-state index is 4.81. The average molecular weight is 447 g/mol. The van der Waals surface area contributed by atoms with Crippen molar-refractivity contribution in [3.8, 4) is 0 Å². The molecule has 152 valence electrons. The number of anilines is 1. The molecule has 1 saturated heterocycles. The molecular formula is C21H31BrN6. The highest BCUT2D eigenvalue weighted by Crippen LogP contribution is 2.22. The Morgan fingerprint density at radius 1 is 1.29 bits per heavy atom. The molecule has 1 atom stereocenters. The van der Waals surface area contributed by atoms with Gasteiger partial charge in [-0.1, -0.05) is 15.9 Å². The van der Waals surface area contributed by atoms with E-state index in [2.05, 4.69) is 81.6 Å². The molecule has 1 aromatic carbocycles. The first kappa shape index (κ1) is 20.7. The van der Waals surface area contributed by atoms with E-state index in [1.807, 2.05) is 11.7 Å². The summed E-state index contributed by atoms with van der Waals surface area (Å²) in [6, 6.07) is 8.95. The number of hydrogen-bond acceptors (Lipinski definition) is 3. The smallest absolute Gasteiger partial charge is 0.191 e. The third-order valence-corrected chi connectivity index (χ3v) is 5.88. The van der Waals surface area contributed by atoms with Crippen LogP contribution in [0.25, 0.3) is 0 Å². The Labute approximate surface area is 176 Å². The lowest BCUT2D eigenvalue weighted by Gasteiger charge is -2.20.